The van der Waals surface area contributed by atoms with Crippen molar-refractivity contribution in [3.8, 4) is 5.75 Å². The van der Waals surface area contributed by atoms with Gasteiger partial charge in [-0.05, 0) is 17.1 Å². The van der Waals surface area contributed by atoms with Gasteiger partial charge in [-0.15, -0.1) is 0 Å². The number of benzene rings is 1. The molecule has 0 spiro atoms. The second kappa shape index (κ2) is 4.76. The van der Waals surface area contributed by atoms with Crippen molar-refractivity contribution in [3.63, 3.8) is 0 Å². The van der Waals surface area contributed by atoms with Crippen LogP contribution in [0.3, 0.4) is 0 Å². The summed E-state index contributed by atoms with van der Waals surface area (Å²) in [5, 5.41) is 10.4. The first-order valence-electron chi connectivity index (χ1n) is 4.62. The van der Waals surface area contributed by atoms with Crippen LogP contribution in [0.1, 0.15) is 16.1 Å². The molecule has 0 aliphatic heterocycles. The van der Waals surface area contributed by atoms with Gasteiger partial charge in [0.05, 0.1) is 5.38 Å². The molecule has 1 aromatic carbocycles. The molecule has 82 valence electrons. The lowest BCUT2D eigenvalue weighted by Crippen LogP contribution is -2.02. The van der Waals surface area contributed by atoms with Crippen LogP contribution >= 0.6 is 11.5 Å². The Balaban J connectivity index is 2.05. The van der Waals surface area contributed by atoms with E-state index in [0.29, 0.717) is 12.4 Å². The summed E-state index contributed by atoms with van der Waals surface area (Å²) in [6.45, 7) is 0.347. The van der Waals surface area contributed by atoms with Crippen LogP contribution in [0, 0.1) is 0 Å². The monoisotopic (exact) mass is 235 g/mol. The highest BCUT2D eigenvalue weighted by molar-refractivity contribution is 7.04. The molecule has 0 saturated carbocycles. The van der Waals surface area contributed by atoms with Crippen LogP contribution in [0.4, 0.5) is 0 Å². The highest BCUT2D eigenvalue weighted by Crippen LogP contribution is 2.20. The van der Waals surface area contributed by atoms with Gasteiger partial charge >= 0.3 is 5.97 Å². The average molecular weight is 235 g/mol. The minimum Gasteiger partial charge on any atom is -0.485 e. The van der Waals surface area contributed by atoms with E-state index in [0.717, 1.165) is 17.1 Å². The molecule has 4 nitrogen and oxygen atoms in total. The van der Waals surface area contributed by atoms with E-state index in [2.05, 4.69) is 4.37 Å². The minimum atomic E-state index is -1.07. The van der Waals surface area contributed by atoms with E-state index < -0.39 is 5.97 Å². The van der Waals surface area contributed by atoms with Crippen molar-refractivity contribution in [1.29, 1.82) is 0 Å². The third-order valence-electron chi connectivity index (χ3n) is 1.98. The summed E-state index contributed by atoms with van der Waals surface area (Å²) >= 11 is 1.07. The minimum absolute atomic E-state index is 0.0269. The van der Waals surface area contributed by atoms with Crippen LogP contribution in [-0.2, 0) is 6.61 Å². The molecule has 0 fully saturated rings. The van der Waals surface area contributed by atoms with E-state index in [4.69, 9.17) is 9.84 Å². The maximum atomic E-state index is 10.8. The summed E-state index contributed by atoms with van der Waals surface area (Å²) in [5.41, 5.74) is 0.964. The van der Waals surface area contributed by atoms with Crippen LogP contribution in [0.2, 0.25) is 0 Å². The number of hydrogen-bond acceptors (Lipinski definition) is 4. The Labute approximate surface area is 96.3 Å². The topological polar surface area (TPSA) is 59.4 Å². The lowest BCUT2D eigenvalue weighted by atomic mass is 10.2. The van der Waals surface area contributed by atoms with Crippen LogP contribution in [0.15, 0.2) is 35.7 Å². The smallest absolute Gasteiger partial charge is 0.359 e. The second-order valence-electron chi connectivity index (χ2n) is 3.11. The lowest BCUT2D eigenvalue weighted by Gasteiger charge is -2.04. The summed E-state index contributed by atoms with van der Waals surface area (Å²) in [6.07, 6.45) is 0. The third kappa shape index (κ3) is 2.38. The van der Waals surface area contributed by atoms with Crippen LogP contribution in [-0.4, -0.2) is 15.4 Å². The summed E-state index contributed by atoms with van der Waals surface area (Å²) in [5.74, 6) is -0.745. The number of aromatic nitrogens is 1. The fraction of sp³-hybridized carbons (Fsp3) is 0.0909. The molecule has 0 saturated heterocycles. The Kier molecular flexibility index (Phi) is 3.16. The van der Waals surface area contributed by atoms with Crippen molar-refractivity contribution in [1.82, 2.24) is 4.37 Å². The number of aromatic carboxylic acids is 1. The Bertz CT molecular complexity index is 481. The summed E-state index contributed by atoms with van der Waals surface area (Å²) < 4.78 is 9.14. The first kappa shape index (κ1) is 10.6. The van der Waals surface area contributed by atoms with Gasteiger partial charge in [0, 0.05) is 0 Å². The Morgan fingerprint density at radius 1 is 1.38 bits per heavy atom. The summed E-state index contributed by atoms with van der Waals surface area (Å²) in [4.78, 5) is 10.8. The van der Waals surface area contributed by atoms with Crippen molar-refractivity contribution in [2.75, 3.05) is 0 Å². The van der Waals surface area contributed by atoms with Crippen molar-refractivity contribution in [2.24, 2.45) is 0 Å². The number of ether oxygens (including phenoxy) is 1. The molecule has 16 heavy (non-hydrogen) atoms. The molecule has 0 radical (unpaired) electrons. The predicted octanol–water partition coefficient (Wildman–Crippen LogP) is 2.42. The van der Waals surface area contributed by atoms with Gasteiger partial charge in [0.2, 0.25) is 5.69 Å². The first-order chi connectivity index (χ1) is 7.77. The first-order valence-corrected chi connectivity index (χ1v) is 5.45. The van der Waals surface area contributed by atoms with Gasteiger partial charge in [0.25, 0.3) is 0 Å². The zero-order valence-electron chi connectivity index (χ0n) is 8.29. The average Bonchev–Trinajstić information content (AvgIpc) is 2.76. The largest absolute Gasteiger partial charge is 0.485 e. The Morgan fingerprint density at radius 3 is 2.81 bits per heavy atom. The summed E-state index contributed by atoms with van der Waals surface area (Å²) in [6, 6.07) is 9.56. The number of carboxylic acid groups (broad SMARTS) is 1. The normalized spacial score (nSPS) is 10.0. The highest BCUT2D eigenvalue weighted by atomic mass is 32.1. The van der Waals surface area contributed by atoms with Crippen molar-refractivity contribution < 1.29 is 14.6 Å². The molecule has 0 atom stereocenters. The van der Waals surface area contributed by atoms with Gasteiger partial charge in [0.15, 0.2) is 5.75 Å². The zero-order valence-corrected chi connectivity index (χ0v) is 9.11. The number of rotatable bonds is 4. The Morgan fingerprint density at radius 2 is 2.12 bits per heavy atom. The van der Waals surface area contributed by atoms with Crippen LogP contribution in [0.5, 0.6) is 5.75 Å². The van der Waals surface area contributed by atoms with E-state index in [-0.39, 0.29) is 5.69 Å². The number of carboxylic acids is 1. The van der Waals surface area contributed by atoms with Crippen molar-refractivity contribution >= 4 is 17.5 Å². The van der Waals surface area contributed by atoms with E-state index in [1.807, 2.05) is 30.3 Å². The SMILES string of the molecule is O=C(O)c1nscc1OCc1ccccc1. The predicted molar refractivity (Wildman–Crippen MR) is 59.8 cm³/mol. The molecule has 2 rings (SSSR count). The van der Waals surface area contributed by atoms with Gasteiger partial charge in [-0.2, -0.15) is 4.37 Å². The van der Waals surface area contributed by atoms with Crippen LogP contribution < -0.4 is 4.74 Å². The fourth-order valence-electron chi connectivity index (χ4n) is 1.21. The molecule has 2 aromatic rings. The van der Waals surface area contributed by atoms with Gasteiger partial charge < -0.3 is 9.84 Å². The number of hydrogen-bond donors (Lipinski definition) is 1. The molecule has 0 bridgehead atoms. The maximum absolute atomic E-state index is 10.8. The molecule has 0 aliphatic carbocycles. The van der Waals surface area contributed by atoms with E-state index in [1.54, 1.807) is 5.38 Å². The lowest BCUT2D eigenvalue weighted by molar-refractivity contribution is 0.0686. The zero-order chi connectivity index (χ0) is 11.4. The molecule has 0 unspecified atom stereocenters. The van der Waals surface area contributed by atoms with Gasteiger partial charge in [0.1, 0.15) is 6.61 Å². The molecule has 5 heteroatoms. The maximum Gasteiger partial charge on any atom is 0.359 e. The van der Waals surface area contributed by atoms with E-state index >= 15 is 0 Å². The number of carbonyl (C=O) groups is 1. The van der Waals surface area contributed by atoms with Gasteiger partial charge in [-0.25, -0.2) is 4.79 Å². The Hall–Kier alpha value is -1.88. The molecular formula is C11H9NO3S. The van der Waals surface area contributed by atoms with Crippen molar-refractivity contribution in [2.45, 2.75) is 6.61 Å². The second-order valence-corrected chi connectivity index (χ2v) is 3.74. The summed E-state index contributed by atoms with van der Waals surface area (Å²) in [7, 11) is 0. The van der Waals surface area contributed by atoms with Crippen molar-refractivity contribution in [3.05, 3.63) is 47.0 Å². The molecule has 1 N–H and O–H groups in total. The van der Waals surface area contributed by atoms with Crippen LogP contribution in [0.25, 0.3) is 0 Å². The molecule has 1 aromatic heterocycles. The number of nitrogens with zero attached hydrogens (tertiary/aromatic N) is 1. The van der Waals surface area contributed by atoms with Gasteiger partial charge in [-0.1, -0.05) is 30.3 Å². The van der Waals surface area contributed by atoms with E-state index in [9.17, 15) is 4.79 Å². The van der Waals surface area contributed by atoms with E-state index in [1.165, 1.54) is 0 Å². The quantitative estimate of drug-likeness (QED) is 0.884. The molecule has 0 aliphatic rings. The van der Waals surface area contributed by atoms with Gasteiger partial charge in [-0.3, -0.25) is 0 Å². The molecule has 0 amide bonds. The molecule has 1 heterocycles. The third-order valence-corrected chi connectivity index (χ3v) is 2.58. The highest BCUT2D eigenvalue weighted by Gasteiger charge is 2.14. The fourth-order valence-corrected chi connectivity index (χ4v) is 1.81. The molecular weight excluding hydrogens is 226 g/mol. The standard InChI is InChI=1S/C11H9NO3S/c13-11(14)10-9(7-16-12-10)15-6-8-4-2-1-3-5-8/h1-5,7H,6H2,(H,13,14).